The molecular formula is C12H13N7O2. The summed E-state index contributed by atoms with van der Waals surface area (Å²) in [6, 6.07) is 3.90. The van der Waals surface area contributed by atoms with Crippen molar-refractivity contribution in [3.63, 3.8) is 0 Å². The molecule has 3 rings (SSSR count). The number of carbonyl (C=O) groups is 1. The Kier molecular flexibility index (Phi) is 3.14. The second-order valence-electron chi connectivity index (χ2n) is 4.22. The standard InChI is InChI=1S/C12H13N7O2/c1-18-10(19-5-3-4-6-19)8(7-13-18)9(20)14-11-15-12(21-2)17-16-11/h3-7H,1-2H3,(H2,14,15,16,17,20). The topological polar surface area (TPSA) is 103 Å². The van der Waals surface area contributed by atoms with Crippen LogP contribution in [0.25, 0.3) is 5.82 Å². The molecule has 1 amide bonds. The molecule has 0 unspecified atom stereocenters. The fourth-order valence-corrected chi connectivity index (χ4v) is 1.94. The van der Waals surface area contributed by atoms with Gasteiger partial charge >= 0.3 is 6.01 Å². The van der Waals surface area contributed by atoms with E-state index in [0.717, 1.165) is 0 Å². The maximum absolute atomic E-state index is 12.3. The summed E-state index contributed by atoms with van der Waals surface area (Å²) in [4.78, 5) is 16.3. The van der Waals surface area contributed by atoms with Crippen molar-refractivity contribution >= 4 is 11.9 Å². The first-order valence-electron chi connectivity index (χ1n) is 6.12. The van der Waals surface area contributed by atoms with E-state index in [1.165, 1.54) is 13.3 Å². The molecule has 0 aliphatic heterocycles. The Morgan fingerprint density at radius 3 is 2.81 bits per heavy atom. The van der Waals surface area contributed by atoms with Gasteiger partial charge in [-0.25, -0.2) is 5.10 Å². The van der Waals surface area contributed by atoms with Crippen LogP contribution >= 0.6 is 0 Å². The second kappa shape index (κ2) is 5.12. The highest BCUT2D eigenvalue weighted by Gasteiger charge is 2.18. The molecule has 0 radical (unpaired) electrons. The van der Waals surface area contributed by atoms with Crippen LogP contribution < -0.4 is 10.1 Å². The van der Waals surface area contributed by atoms with E-state index >= 15 is 0 Å². The van der Waals surface area contributed by atoms with Crippen molar-refractivity contribution < 1.29 is 9.53 Å². The highest BCUT2D eigenvalue weighted by atomic mass is 16.5. The molecule has 9 heteroatoms. The number of aryl methyl sites for hydroxylation is 1. The number of hydrogen-bond donors (Lipinski definition) is 2. The Morgan fingerprint density at radius 2 is 2.14 bits per heavy atom. The van der Waals surface area contributed by atoms with Crippen molar-refractivity contribution in [2.24, 2.45) is 7.05 Å². The Balaban J connectivity index is 1.88. The number of nitrogens with zero attached hydrogens (tertiary/aromatic N) is 5. The molecule has 2 N–H and O–H groups in total. The van der Waals surface area contributed by atoms with Gasteiger partial charge in [-0.3, -0.25) is 14.8 Å². The first-order chi connectivity index (χ1) is 10.2. The number of rotatable bonds is 4. The van der Waals surface area contributed by atoms with Crippen LogP contribution in [0.5, 0.6) is 6.01 Å². The minimum atomic E-state index is -0.342. The molecule has 3 aromatic rings. The third-order valence-corrected chi connectivity index (χ3v) is 2.88. The molecule has 3 aromatic heterocycles. The lowest BCUT2D eigenvalue weighted by Crippen LogP contribution is -2.15. The van der Waals surface area contributed by atoms with Crippen LogP contribution in [0.2, 0.25) is 0 Å². The predicted octanol–water partition coefficient (Wildman–Crippen LogP) is 0.590. The molecule has 9 nitrogen and oxygen atoms in total. The molecule has 21 heavy (non-hydrogen) atoms. The largest absolute Gasteiger partial charge is 0.466 e. The average molecular weight is 287 g/mol. The highest BCUT2D eigenvalue weighted by molar-refractivity contribution is 6.05. The van der Waals surface area contributed by atoms with Gasteiger partial charge in [-0.1, -0.05) is 0 Å². The van der Waals surface area contributed by atoms with Gasteiger partial charge in [0.05, 0.1) is 13.3 Å². The first-order valence-corrected chi connectivity index (χ1v) is 6.12. The molecule has 3 heterocycles. The van der Waals surface area contributed by atoms with Gasteiger partial charge in [-0.2, -0.15) is 10.1 Å². The highest BCUT2D eigenvalue weighted by Crippen LogP contribution is 2.15. The summed E-state index contributed by atoms with van der Waals surface area (Å²) in [7, 11) is 3.21. The molecule has 0 aliphatic carbocycles. The third-order valence-electron chi connectivity index (χ3n) is 2.88. The number of hydrogen-bond acceptors (Lipinski definition) is 5. The summed E-state index contributed by atoms with van der Waals surface area (Å²) in [5, 5.41) is 13.1. The van der Waals surface area contributed by atoms with Crippen LogP contribution in [0.3, 0.4) is 0 Å². The molecule has 108 valence electrons. The Morgan fingerprint density at radius 1 is 1.38 bits per heavy atom. The van der Waals surface area contributed by atoms with Gasteiger partial charge in [0.2, 0.25) is 5.95 Å². The molecule has 0 aromatic carbocycles. The number of nitrogens with one attached hydrogen (secondary N) is 2. The van der Waals surface area contributed by atoms with Gasteiger partial charge in [0.15, 0.2) is 0 Å². The molecule has 0 saturated heterocycles. The van der Waals surface area contributed by atoms with E-state index in [4.69, 9.17) is 4.74 Å². The van der Waals surface area contributed by atoms with Crippen molar-refractivity contribution in [2.45, 2.75) is 0 Å². The zero-order valence-electron chi connectivity index (χ0n) is 11.4. The Labute approximate surface area is 119 Å². The zero-order valence-corrected chi connectivity index (χ0v) is 11.4. The molecule has 0 fully saturated rings. The molecule has 0 bridgehead atoms. The quantitative estimate of drug-likeness (QED) is 0.731. The van der Waals surface area contributed by atoms with Gasteiger partial charge in [-0.15, -0.1) is 5.10 Å². The monoisotopic (exact) mass is 287 g/mol. The van der Waals surface area contributed by atoms with Crippen LogP contribution in [0, 0.1) is 0 Å². The SMILES string of the molecule is COc1n[nH]c(NC(=O)c2cnn(C)c2-n2cccc2)n1. The number of anilines is 1. The van der Waals surface area contributed by atoms with E-state index < -0.39 is 0 Å². The predicted molar refractivity (Wildman–Crippen MR) is 73.4 cm³/mol. The smallest absolute Gasteiger partial charge is 0.336 e. The van der Waals surface area contributed by atoms with E-state index in [0.29, 0.717) is 11.4 Å². The van der Waals surface area contributed by atoms with Crippen molar-refractivity contribution in [2.75, 3.05) is 12.4 Å². The van der Waals surface area contributed by atoms with Crippen LogP contribution in [-0.2, 0) is 7.05 Å². The van der Waals surface area contributed by atoms with E-state index in [1.54, 1.807) is 11.7 Å². The van der Waals surface area contributed by atoms with Crippen molar-refractivity contribution in [1.82, 2.24) is 29.5 Å². The van der Waals surface area contributed by atoms with Crippen molar-refractivity contribution in [1.29, 1.82) is 0 Å². The summed E-state index contributed by atoms with van der Waals surface area (Å²) in [5.41, 5.74) is 0.420. The van der Waals surface area contributed by atoms with Crippen LogP contribution in [0.1, 0.15) is 10.4 Å². The number of aromatic amines is 1. The molecule has 0 atom stereocenters. The van der Waals surface area contributed by atoms with E-state index in [2.05, 4.69) is 25.6 Å². The normalized spacial score (nSPS) is 10.6. The van der Waals surface area contributed by atoms with E-state index in [1.807, 2.05) is 29.1 Å². The Hall–Kier alpha value is -3.10. The van der Waals surface area contributed by atoms with Gasteiger partial charge in [-0.05, 0) is 12.1 Å². The van der Waals surface area contributed by atoms with Crippen LogP contribution in [-0.4, -0.2) is 42.5 Å². The number of carbonyl (C=O) groups excluding carboxylic acids is 1. The lowest BCUT2D eigenvalue weighted by molar-refractivity contribution is 0.102. The number of amides is 1. The molecule has 0 aliphatic rings. The minimum absolute atomic E-state index is 0.155. The molecule has 0 saturated carbocycles. The van der Waals surface area contributed by atoms with Crippen molar-refractivity contribution in [3.8, 4) is 11.8 Å². The van der Waals surface area contributed by atoms with E-state index in [-0.39, 0.29) is 17.9 Å². The fraction of sp³-hybridized carbons (Fsp3) is 0.167. The maximum Gasteiger partial charge on any atom is 0.336 e. The maximum atomic E-state index is 12.3. The van der Waals surface area contributed by atoms with Crippen LogP contribution in [0.15, 0.2) is 30.7 Å². The summed E-state index contributed by atoms with van der Waals surface area (Å²) >= 11 is 0. The summed E-state index contributed by atoms with van der Waals surface area (Å²) in [6.45, 7) is 0. The molecular weight excluding hydrogens is 274 g/mol. The summed E-state index contributed by atoms with van der Waals surface area (Å²) in [5.74, 6) is 0.522. The molecule has 0 spiro atoms. The summed E-state index contributed by atoms with van der Waals surface area (Å²) in [6.07, 6.45) is 5.18. The minimum Gasteiger partial charge on any atom is -0.466 e. The second-order valence-corrected chi connectivity index (χ2v) is 4.22. The summed E-state index contributed by atoms with van der Waals surface area (Å²) < 4.78 is 8.27. The number of methoxy groups -OCH3 is 1. The van der Waals surface area contributed by atoms with Crippen molar-refractivity contribution in [3.05, 3.63) is 36.3 Å². The zero-order chi connectivity index (χ0) is 14.8. The average Bonchev–Trinajstić information content (AvgIpc) is 3.17. The third kappa shape index (κ3) is 2.36. The number of ether oxygens (including phenoxy) is 1. The first kappa shape index (κ1) is 12.9. The lowest BCUT2D eigenvalue weighted by atomic mass is 10.3. The van der Waals surface area contributed by atoms with Gasteiger partial charge in [0.25, 0.3) is 5.91 Å². The van der Waals surface area contributed by atoms with Gasteiger partial charge in [0, 0.05) is 19.4 Å². The lowest BCUT2D eigenvalue weighted by Gasteiger charge is -2.06. The fourth-order valence-electron chi connectivity index (χ4n) is 1.94. The van der Waals surface area contributed by atoms with E-state index in [9.17, 15) is 4.79 Å². The van der Waals surface area contributed by atoms with Gasteiger partial charge in [0.1, 0.15) is 11.4 Å². The number of H-pyrrole nitrogens is 1. The van der Waals surface area contributed by atoms with Gasteiger partial charge < -0.3 is 9.30 Å². The van der Waals surface area contributed by atoms with Crippen LogP contribution in [0.4, 0.5) is 5.95 Å². The Bertz CT molecular complexity index is 757. The number of aromatic nitrogens is 6.